The second-order valence-electron chi connectivity index (χ2n) is 8.28. The molecule has 28 heavy (non-hydrogen) atoms. The van der Waals surface area contributed by atoms with Crippen molar-refractivity contribution in [2.75, 3.05) is 6.54 Å². The molecule has 0 unspecified atom stereocenters. The summed E-state index contributed by atoms with van der Waals surface area (Å²) in [6.07, 6.45) is 4.30. The van der Waals surface area contributed by atoms with E-state index in [9.17, 15) is 19.2 Å². The van der Waals surface area contributed by atoms with E-state index in [1.807, 2.05) is 0 Å². The minimum atomic E-state index is -0.976. The van der Waals surface area contributed by atoms with E-state index in [2.05, 4.69) is 12.2 Å². The average molecular weight is 379 g/mol. The zero-order valence-corrected chi connectivity index (χ0v) is 15.5. The van der Waals surface area contributed by atoms with Gasteiger partial charge in [0, 0.05) is 5.56 Å². The van der Waals surface area contributed by atoms with E-state index in [-0.39, 0.29) is 41.3 Å². The number of hydrogen-bond donors (Lipinski definition) is 0. The molecular weight excluding hydrogens is 358 g/mol. The molecule has 3 fully saturated rings. The summed E-state index contributed by atoms with van der Waals surface area (Å²) in [5.74, 6) is -0.965. The predicted molar refractivity (Wildman–Crippen MR) is 97.7 cm³/mol. The number of carbonyl (C=O) groups excluding carboxylic acids is 4. The Labute approximate surface area is 162 Å². The molecule has 1 saturated heterocycles. The van der Waals surface area contributed by atoms with Crippen LogP contribution in [0.5, 0.6) is 0 Å². The lowest BCUT2D eigenvalue weighted by Gasteiger charge is -2.37. The monoisotopic (exact) mass is 379 g/mol. The third-order valence-electron chi connectivity index (χ3n) is 6.78. The zero-order chi connectivity index (χ0) is 19.6. The lowest BCUT2D eigenvalue weighted by atomic mass is 9.63. The lowest BCUT2D eigenvalue weighted by molar-refractivity contribution is -0.154. The number of Topliss-reactive ketones (excluding diaryl/α,β-unsaturated/α-hetero) is 1. The Kier molecular flexibility index (Phi) is 3.79. The second kappa shape index (κ2) is 6.12. The van der Waals surface area contributed by atoms with Crippen molar-refractivity contribution in [3.8, 4) is 0 Å². The van der Waals surface area contributed by atoms with Crippen molar-refractivity contribution in [1.82, 2.24) is 4.90 Å². The van der Waals surface area contributed by atoms with Crippen LogP contribution in [0.25, 0.3) is 0 Å². The molecule has 0 radical (unpaired) electrons. The number of imide groups is 1. The maximum absolute atomic E-state index is 12.9. The molecule has 1 aliphatic heterocycles. The molecule has 4 aliphatic carbocycles. The van der Waals surface area contributed by atoms with Crippen LogP contribution in [0.3, 0.4) is 0 Å². The molecular formula is C22H21NO5. The average Bonchev–Trinajstić information content (AvgIpc) is 3.49. The van der Waals surface area contributed by atoms with Crippen LogP contribution in [-0.2, 0) is 19.1 Å². The van der Waals surface area contributed by atoms with Crippen molar-refractivity contribution < 1.29 is 23.9 Å². The molecule has 2 bridgehead atoms. The third-order valence-corrected chi connectivity index (χ3v) is 6.78. The standard InChI is InChI=1S/C22H21NO5/c1-11(20(25)12-5-3-2-4-6-12)28-17(24)10-23-21(26)18-13-7-8-14(16-9-15(13)16)19(18)22(23)27/h2-8,11,13-16,18-19H,9-10H2,1H3/t11-,13-,14-,15-,16+,18-,19+/m0/s1. The Morgan fingerprint density at radius 2 is 1.61 bits per heavy atom. The minimum absolute atomic E-state index is 0.121. The van der Waals surface area contributed by atoms with Crippen LogP contribution in [0.4, 0.5) is 0 Å². The first-order valence-electron chi connectivity index (χ1n) is 9.79. The molecule has 1 heterocycles. The Morgan fingerprint density at radius 3 is 2.18 bits per heavy atom. The van der Waals surface area contributed by atoms with Gasteiger partial charge in [0.05, 0.1) is 11.8 Å². The number of esters is 1. The molecule has 5 aliphatic rings. The summed E-state index contributed by atoms with van der Waals surface area (Å²) in [5, 5.41) is 0. The summed E-state index contributed by atoms with van der Waals surface area (Å²) in [4.78, 5) is 51.5. The Hall–Kier alpha value is -2.76. The van der Waals surface area contributed by atoms with Crippen molar-refractivity contribution in [3.05, 3.63) is 48.0 Å². The van der Waals surface area contributed by atoms with Gasteiger partial charge < -0.3 is 4.74 Å². The van der Waals surface area contributed by atoms with Crippen LogP contribution in [-0.4, -0.2) is 41.1 Å². The van der Waals surface area contributed by atoms with Crippen molar-refractivity contribution in [2.45, 2.75) is 19.4 Å². The summed E-state index contributed by atoms with van der Waals surface area (Å²) in [7, 11) is 0. The molecule has 1 aromatic carbocycles. The fourth-order valence-corrected chi connectivity index (χ4v) is 5.43. The van der Waals surface area contributed by atoms with Gasteiger partial charge in [0.2, 0.25) is 17.6 Å². The normalized spacial score (nSPS) is 35.4. The highest BCUT2D eigenvalue weighted by Gasteiger charge is 2.67. The molecule has 0 spiro atoms. The van der Waals surface area contributed by atoms with Gasteiger partial charge in [-0.1, -0.05) is 42.5 Å². The number of rotatable bonds is 5. The Balaban J connectivity index is 1.26. The number of hydrogen-bond acceptors (Lipinski definition) is 5. The van der Waals surface area contributed by atoms with Crippen LogP contribution in [0.15, 0.2) is 42.5 Å². The molecule has 0 aromatic heterocycles. The molecule has 6 heteroatoms. The molecule has 6 rings (SSSR count). The van der Waals surface area contributed by atoms with E-state index in [0.717, 1.165) is 11.3 Å². The number of amides is 2. The summed E-state index contributed by atoms with van der Waals surface area (Å²) in [5.41, 5.74) is 0.448. The van der Waals surface area contributed by atoms with Gasteiger partial charge >= 0.3 is 5.97 Å². The number of ether oxygens (including phenoxy) is 1. The summed E-state index contributed by atoms with van der Waals surface area (Å²) in [6.45, 7) is 1.07. The van der Waals surface area contributed by atoms with Gasteiger partial charge in [-0.15, -0.1) is 0 Å². The van der Waals surface area contributed by atoms with Gasteiger partial charge in [0.25, 0.3) is 0 Å². The predicted octanol–water partition coefficient (Wildman–Crippen LogP) is 1.85. The van der Waals surface area contributed by atoms with E-state index in [1.54, 1.807) is 30.3 Å². The molecule has 1 aromatic rings. The maximum Gasteiger partial charge on any atom is 0.326 e. The van der Waals surface area contributed by atoms with E-state index >= 15 is 0 Å². The van der Waals surface area contributed by atoms with Crippen molar-refractivity contribution in [3.63, 3.8) is 0 Å². The Bertz CT molecular complexity index is 871. The molecule has 7 atom stereocenters. The van der Waals surface area contributed by atoms with Crippen LogP contribution < -0.4 is 0 Å². The van der Waals surface area contributed by atoms with Crippen molar-refractivity contribution >= 4 is 23.6 Å². The summed E-state index contributed by atoms with van der Waals surface area (Å²) < 4.78 is 5.23. The second-order valence-corrected chi connectivity index (χ2v) is 8.28. The molecule has 2 saturated carbocycles. The summed E-state index contributed by atoms with van der Waals surface area (Å²) >= 11 is 0. The van der Waals surface area contributed by atoms with Crippen LogP contribution in [0.1, 0.15) is 23.7 Å². The van der Waals surface area contributed by atoms with Crippen LogP contribution in [0.2, 0.25) is 0 Å². The highest BCUT2D eigenvalue weighted by atomic mass is 16.5. The molecule has 2 amide bonds. The minimum Gasteiger partial charge on any atom is -0.453 e. The highest BCUT2D eigenvalue weighted by Crippen LogP contribution is 2.65. The van der Waals surface area contributed by atoms with Gasteiger partial charge in [-0.2, -0.15) is 0 Å². The maximum atomic E-state index is 12.9. The van der Waals surface area contributed by atoms with Crippen LogP contribution in [0, 0.1) is 35.5 Å². The van der Waals surface area contributed by atoms with Gasteiger partial charge in [0.15, 0.2) is 6.10 Å². The van der Waals surface area contributed by atoms with Crippen molar-refractivity contribution in [2.24, 2.45) is 35.5 Å². The fourth-order valence-electron chi connectivity index (χ4n) is 5.43. The van der Waals surface area contributed by atoms with Gasteiger partial charge in [-0.25, -0.2) is 0 Å². The first-order valence-corrected chi connectivity index (χ1v) is 9.79. The number of carbonyl (C=O) groups is 4. The first kappa shape index (κ1) is 17.3. The summed E-state index contributed by atoms with van der Waals surface area (Å²) in [6, 6.07) is 8.57. The van der Waals surface area contributed by atoms with Crippen molar-refractivity contribution in [1.29, 1.82) is 0 Å². The van der Waals surface area contributed by atoms with E-state index in [4.69, 9.17) is 4.74 Å². The number of likely N-dealkylation sites (tertiary alicyclic amines) is 1. The first-order chi connectivity index (χ1) is 13.5. The quantitative estimate of drug-likeness (QED) is 0.338. The lowest BCUT2D eigenvalue weighted by Crippen LogP contribution is -2.40. The number of benzene rings is 1. The van der Waals surface area contributed by atoms with Gasteiger partial charge in [0.1, 0.15) is 6.54 Å². The van der Waals surface area contributed by atoms with E-state index in [0.29, 0.717) is 17.4 Å². The SMILES string of the molecule is C[C@H](OC(=O)CN1C(=O)[C@@H]2[C@H]3C=C[C@@H]([C@@H]4C[C@H]34)[C@@H]2C1=O)C(=O)c1ccccc1. The van der Waals surface area contributed by atoms with E-state index < -0.39 is 18.6 Å². The number of allylic oxidation sites excluding steroid dienone is 2. The van der Waals surface area contributed by atoms with Gasteiger partial charge in [-0.05, 0) is 37.0 Å². The van der Waals surface area contributed by atoms with Crippen LogP contribution >= 0.6 is 0 Å². The fraction of sp³-hybridized carbons (Fsp3) is 0.455. The smallest absolute Gasteiger partial charge is 0.326 e. The number of nitrogens with zero attached hydrogens (tertiary/aromatic N) is 1. The molecule has 0 N–H and O–H groups in total. The van der Waals surface area contributed by atoms with E-state index in [1.165, 1.54) is 6.92 Å². The largest absolute Gasteiger partial charge is 0.453 e. The topological polar surface area (TPSA) is 80.8 Å². The number of ketones is 1. The Morgan fingerprint density at radius 1 is 1.04 bits per heavy atom. The van der Waals surface area contributed by atoms with Gasteiger partial charge in [-0.3, -0.25) is 24.1 Å². The third kappa shape index (κ3) is 2.47. The molecule has 6 nitrogen and oxygen atoms in total. The highest BCUT2D eigenvalue weighted by molar-refractivity contribution is 6.08. The molecule has 144 valence electrons. The zero-order valence-electron chi connectivity index (χ0n) is 15.5.